The molecule has 3 rings (SSSR count). The summed E-state index contributed by atoms with van der Waals surface area (Å²) in [5.74, 6) is 2.31. The largest absolute Gasteiger partial charge is 0.461 e. The molecule has 118 valence electrons. The van der Waals surface area contributed by atoms with E-state index in [0.717, 1.165) is 22.5 Å². The molecule has 0 bridgehead atoms. The first kappa shape index (κ1) is 15.6. The minimum Gasteiger partial charge on any atom is -0.461 e. The smallest absolute Gasteiger partial charge is 0.200 e. The number of thioether (sulfide) groups is 1. The number of aryl methyl sites for hydroxylation is 2. The van der Waals surface area contributed by atoms with E-state index in [0.29, 0.717) is 6.54 Å². The summed E-state index contributed by atoms with van der Waals surface area (Å²) in [6.07, 6.45) is 3.49. The van der Waals surface area contributed by atoms with Crippen molar-refractivity contribution >= 4 is 11.8 Å². The highest BCUT2D eigenvalue weighted by Crippen LogP contribution is 2.27. The van der Waals surface area contributed by atoms with Crippen LogP contribution in [0.4, 0.5) is 0 Å². The number of allylic oxidation sites excluding steroid dienone is 1. The van der Waals surface area contributed by atoms with E-state index in [9.17, 15) is 0 Å². The first-order valence-electron chi connectivity index (χ1n) is 7.45. The van der Waals surface area contributed by atoms with Crippen molar-refractivity contribution in [1.29, 1.82) is 0 Å². The van der Waals surface area contributed by atoms with Gasteiger partial charge in [-0.2, -0.15) is 0 Å². The third-order valence-electron chi connectivity index (χ3n) is 3.42. The summed E-state index contributed by atoms with van der Waals surface area (Å²) < 4.78 is 7.47. The standard InChI is InChI=1S/C18H19N3OS/c1-4-7-21-17(16-6-5-8-22-16)19-20-18(21)23-12-15-10-13(2)9-14(3)11-15/h4-6,8-11H,1,7,12H2,2-3H3. The molecular weight excluding hydrogens is 306 g/mol. The van der Waals surface area contributed by atoms with Gasteiger partial charge in [-0.3, -0.25) is 4.57 Å². The highest BCUT2D eigenvalue weighted by Gasteiger charge is 2.15. The van der Waals surface area contributed by atoms with Crippen molar-refractivity contribution in [3.63, 3.8) is 0 Å². The monoisotopic (exact) mass is 325 g/mol. The molecule has 0 spiro atoms. The van der Waals surface area contributed by atoms with Gasteiger partial charge in [0.2, 0.25) is 5.82 Å². The first-order chi connectivity index (χ1) is 11.2. The number of furan rings is 1. The van der Waals surface area contributed by atoms with Crippen LogP contribution in [0.3, 0.4) is 0 Å². The Morgan fingerprint density at radius 2 is 2.00 bits per heavy atom. The molecule has 0 aliphatic heterocycles. The maximum absolute atomic E-state index is 5.45. The average Bonchev–Trinajstić information content (AvgIpc) is 3.14. The lowest BCUT2D eigenvalue weighted by Gasteiger charge is -2.07. The summed E-state index contributed by atoms with van der Waals surface area (Å²) in [6, 6.07) is 10.3. The molecule has 0 amide bonds. The quantitative estimate of drug-likeness (QED) is 0.489. The maximum Gasteiger partial charge on any atom is 0.200 e. The number of benzene rings is 1. The van der Waals surface area contributed by atoms with Crippen LogP contribution in [0.1, 0.15) is 16.7 Å². The van der Waals surface area contributed by atoms with E-state index in [1.165, 1.54) is 16.7 Å². The fourth-order valence-electron chi connectivity index (χ4n) is 2.58. The Morgan fingerprint density at radius 1 is 1.22 bits per heavy atom. The van der Waals surface area contributed by atoms with Crippen molar-refractivity contribution in [3.05, 3.63) is 65.9 Å². The van der Waals surface area contributed by atoms with Gasteiger partial charge in [0, 0.05) is 12.3 Å². The van der Waals surface area contributed by atoms with Crippen molar-refractivity contribution in [2.45, 2.75) is 31.3 Å². The van der Waals surface area contributed by atoms with E-state index >= 15 is 0 Å². The second kappa shape index (κ2) is 6.87. The van der Waals surface area contributed by atoms with Crippen LogP contribution in [0, 0.1) is 13.8 Å². The van der Waals surface area contributed by atoms with Crippen LogP contribution in [-0.2, 0) is 12.3 Å². The molecule has 0 saturated heterocycles. The lowest BCUT2D eigenvalue weighted by molar-refractivity contribution is 0.569. The third-order valence-corrected chi connectivity index (χ3v) is 4.46. The second-order valence-corrected chi connectivity index (χ2v) is 6.41. The Labute approximate surface area is 140 Å². The summed E-state index contributed by atoms with van der Waals surface area (Å²) in [5, 5.41) is 9.46. The van der Waals surface area contributed by atoms with Crippen LogP contribution in [0.2, 0.25) is 0 Å². The fraction of sp³-hybridized carbons (Fsp3) is 0.222. The lowest BCUT2D eigenvalue weighted by Crippen LogP contribution is -2.00. The Morgan fingerprint density at radius 3 is 2.65 bits per heavy atom. The van der Waals surface area contributed by atoms with Gasteiger partial charge in [-0.1, -0.05) is 47.2 Å². The van der Waals surface area contributed by atoms with Crippen molar-refractivity contribution in [1.82, 2.24) is 14.8 Å². The fourth-order valence-corrected chi connectivity index (χ4v) is 3.46. The third kappa shape index (κ3) is 3.56. The van der Waals surface area contributed by atoms with E-state index in [-0.39, 0.29) is 0 Å². The van der Waals surface area contributed by atoms with Crippen LogP contribution in [-0.4, -0.2) is 14.8 Å². The van der Waals surface area contributed by atoms with E-state index < -0.39 is 0 Å². The summed E-state index contributed by atoms with van der Waals surface area (Å²) in [5.41, 5.74) is 3.86. The number of hydrogen-bond donors (Lipinski definition) is 0. The maximum atomic E-state index is 5.45. The van der Waals surface area contributed by atoms with E-state index in [1.807, 2.05) is 22.8 Å². The molecule has 0 aliphatic rings. The highest BCUT2D eigenvalue weighted by molar-refractivity contribution is 7.98. The molecule has 4 nitrogen and oxygen atoms in total. The van der Waals surface area contributed by atoms with E-state index in [4.69, 9.17) is 4.42 Å². The van der Waals surface area contributed by atoms with Gasteiger partial charge >= 0.3 is 0 Å². The van der Waals surface area contributed by atoms with Crippen LogP contribution in [0.25, 0.3) is 11.6 Å². The molecule has 0 fully saturated rings. The molecule has 0 saturated carbocycles. The Bertz CT molecular complexity index is 786. The number of rotatable bonds is 6. The van der Waals surface area contributed by atoms with Gasteiger partial charge < -0.3 is 4.42 Å². The summed E-state index contributed by atoms with van der Waals surface area (Å²) in [6.45, 7) is 8.72. The predicted octanol–water partition coefficient (Wildman–Crippen LogP) is 4.63. The molecule has 1 aromatic carbocycles. The SMILES string of the molecule is C=CCn1c(SCc2cc(C)cc(C)c2)nnc1-c1ccco1. The summed E-state index contributed by atoms with van der Waals surface area (Å²) >= 11 is 1.68. The van der Waals surface area contributed by atoms with Gasteiger partial charge in [0.1, 0.15) is 0 Å². The Kier molecular flexibility index (Phi) is 4.67. The zero-order chi connectivity index (χ0) is 16.2. The van der Waals surface area contributed by atoms with Gasteiger partial charge in [0.15, 0.2) is 10.9 Å². The molecule has 5 heteroatoms. The molecule has 0 radical (unpaired) electrons. The van der Waals surface area contributed by atoms with Crippen LogP contribution < -0.4 is 0 Å². The minimum absolute atomic E-state index is 0.651. The molecule has 0 atom stereocenters. The molecule has 3 aromatic rings. The average molecular weight is 325 g/mol. The predicted molar refractivity (Wildman–Crippen MR) is 93.4 cm³/mol. The zero-order valence-electron chi connectivity index (χ0n) is 13.3. The minimum atomic E-state index is 0.651. The van der Waals surface area contributed by atoms with Gasteiger partial charge in [0.05, 0.1) is 6.26 Å². The van der Waals surface area contributed by atoms with Crippen molar-refractivity contribution in [2.24, 2.45) is 0 Å². The molecule has 23 heavy (non-hydrogen) atoms. The molecular formula is C18H19N3OS. The van der Waals surface area contributed by atoms with Crippen LogP contribution in [0.5, 0.6) is 0 Å². The van der Waals surface area contributed by atoms with Gasteiger partial charge in [0.25, 0.3) is 0 Å². The van der Waals surface area contributed by atoms with Gasteiger partial charge in [-0.15, -0.1) is 16.8 Å². The number of nitrogens with zero attached hydrogens (tertiary/aromatic N) is 3. The van der Waals surface area contributed by atoms with Gasteiger partial charge in [-0.05, 0) is 31.5 Å². The Balaban J connectivity index is 1.83. The zero-order valence-corrected chi connectivity index (χ0v) is 14.1. The Hall–Kier alpha value is -2.27. The van der Waals surface area contributed by atoms with E-state index in [2.05, 4.69) is 48.8 Å². The van der Waals surface area contributed by atoms with Crippen LogP contribution >= 0.6 is 11.8 Å². The second-order valence-electron chi connectivity index (χ2n) is 5.47. The molecule has 0 unspecified atom stereocenters. The van der Waals surface area contributed by atoms with Gasteiger partial charge in [-0.25, -0.2) is 0 Å². The van der Waals surface area contributed by atoms with Crippen molar-refractivity contribution in [3.8, 4) is 11.6 Å². The summed E-state index contributed by atoms with van der Waals surface area (Å²) in [7, 11) is 0. The molecule has 0 aliphatic carbocycles. The highest BCUT2D eigenvalue weighted by atomic mass is 32.2. The number of aromatic nitrogens is 3. The molecule has 0 N–H and O–H groups in total. The molecule has 2 aromatic heterocycles. The number of hydrogen-bond acceptors (Lipinski definition) is 4. The normalized spacial score (nSPS) is 10.9. The first-order valence-corrected chi connectivity index (χ1v) is 8.44. The summed E-state index contributed by atoms with van der Waals surface area (Å²) in [4.78, 5) is 0. The lowest BCUT2D eigenvalue weighted by atomic mass is 10.1. The van der Waals surface area contributed by atoms with Crippen molar-refractivity contribution < 1.29 is 4.42 Å². The van der Waals surface area contributed by atoms with Crippen LogP contribution in [0.15, 0.2) is 58.8 Å². The topological polar surface area (TPSA) is 43.9 Å². The molecule has 2 heterocycles. The van der Waals surface area contributed by atoms with E-state index in [1.54, 1.807) is 18.0 Å². The van der Waals surface area contributed by atoms with Crippen molar-refractivity contribution in [2.75, 3.05) is 0 Å².